The summed E-state index contributed by atoms with van der Waals surface area (Å²) < 4.78 is 4.81. The molecular formula is C16H21ClN2O3Si. The van der Waals surface area contributed by atoms with Gasteiger partial charge in [0.05, 0.1) is 17.6 Å². The van der Waals surface area contributed by atoms with Crippen LogP contribution >= 0.6 is 11.6 Å². The number of nitrogens with one attached hydrogen (secondary N) is 2. The van der Waals surface area contributed by atoms with Crippen molar-refractivity contribution in [3.63, 3.8) is 0 Å². The summed E-state index contributed by atoms with van der Waals surface area (Å²) in [5, 5.41) is 4.17. The standard InChI is InChI=1S/C16H21ClN2O3Si/c1-22-16(21)13(9-23(2,3)4)19-15(20)12-8-10-6-5-7-11(17)14(10)18-12/h5-8,13,18H,9H2,1-4H3,(H,19,20)/t13-/m0/s1. The van der Waals surface area contributed by atoms with Crippen molar-refractivity contribution in [2.45, 2.75) is 31.7 Å². The molecule has 1 aromatic heterocycles. The molecule has 0 bridgehead atoms. The number of rotatable bonds is 5. The maximum absolute atomic E-state index is 12.5. The molecule has 1 atom stereocenters. The van der Waals surface area contributed by atoms with Gasteiger partial charge in [-0.2, -0.15) is 0 Å². The topological polar surface area (TPSA) is 71.2 Å². The van der Waals surface area contributed by atoms with E-state index < -0.39 is 20.1 Å². The van der Waals surface area contributed by atoms with Crippen LogP contribution in [0, 0.1) is 0 Å². The lowest BCUT2D eigenvalue weighted by Gasteiger charge is -2.23. The largest absolute Gasteiger partial charge is 0.467 e. The molecule has 2 rings (SSSR count). The minimum absolute atomic E-state index is 0.342. The Hall–Kier alpha value is -1.79. The maximum Gasteiger partial charge on any atom is 0.328 e. The van der Waals surface area contributed by atoms with E-state index in [1.54, 1.807) is 12.1 Å². The fraction of sp³-hybridized carbons (Fsp3) is 0.375. The molecule has 0 aliphatic rings. The molecule has 124 valence electrons. The lowest BCUT2D eigenvalue weighted by molar-refractivity contribution is -0.142. The highest BCUT2D eigenvalue weighted by Crippen LogP contribution is 2.23. The fourth-order valence-electron chi connectivity index (χ4n) is 2.43. The van der Waals surface area contributed by atoms with Crippen LogP contribution in [0.15, 0.2) is 24.3 Å². The van der Waals surface area contributed by atoms with E-state index in [0.717, 1.165) is 5.39 Å². The molecule has 0 unspecified atom stereocenters. The van der Waals surface area contributed by atoms with E-state index in [2.05, 4.69) is 29.9 Å². The van der Waals surface area contributed by atoms with Crippen molar-refractivity contribution in [1.29, 1.82) is 0 Å². The normalized spacial score (nSPS) is 12.9. The molecule has 0 saturated heterocycles. The van der Waals surface area contributed by atoms with E-state index in [9.17, 15) is 9.59 Å². The Labute approximate surface area is 141 Å². The molecule has 0 fully saturated rings. The Morgan fingerprint density at radius 2 is 2.04 bits per heavy atom. The highest BCUT2D eigenvalue weighted by Gasteiger charge is 2.29. The quantitative estimate of drug-likeness (QED) is 0.639. The Morgan fingerprint density at radius 1 is 1.35 bits per heavy atom. The van der Waals surface area contributed by atoms with Gasteiger partial charge in [-0.3, -0.25) is 4.79 Å². The molecule has 0 aliphatic heterocycles. The highest BCUT2D eigenvalue weighted by molar-refractivity contribution is 6.76. The molecule has 1 aromatic carbocycles. The van der Waals surface area contributed by atoms with Crippen LogP contribution in [0.2, 0.25) is 30.7 Å². The number of H-pyrrole nitrogens is 1. The molecule has 1 heterocycles. The number of aromatic amines is 1. The number of methoxy groups -OCH3 is 1. The van der Waals surface area contributed by atoms with Gasteiger partial charge in [-0.15, -0.1) is 0 Å². The van der Waals surface area contributed by atoms with Crippen LogP contribution in [0.4, 0.5) is 0 Å². The molecule has 7 heteroatoms. The zero-order valence-corrected chi connectivity index (χ0v) is 15.5. The van der Waals surface area contributed by atoms with E-state index in [1.165, 1.54) is 7.11 Å². The van der Waals surface area contributed by atoms with Crippen LogP contribution in [-0.4, -0.2) is 38.1 Å². The van der Waals surface area contributed by atoms with Crippen molar-refractivity contribution in [2.24, 2.45) is 0 Å². The molecule has 5 nitrogen and oxygen atoms in total. The number of fused-ring (bicyclic) bond motifs is 1. The lowest BCUT2D eigenvalue weighted by atomic mass is 10.2. The number of amides is 1. The number of hydrogen-bond donors (Lipinski definition) is 2. The second kappa shape index (κ2) is 6.76. The van der Waals surface area contributed by atoms with Crippen molar-refractivity contribution in [1.82, 2.24) is 10.3 Å². The smallest absolute Gasteiger partial charge is 0.328 e. The van der Waals surface area contributed by atoms with Crippen molar-refractivity contribution >= 4 is 42.5 Å². The van der Waals surface area contributed by atoms with Crippen molar-refractivity contribution in [2.75, 3.05) is 7.11 Å². The summed E-state index contributed by atoms with van der Waals surface area (Å²) in [5.41, 5.74) is 1.08. The van der Waals surface area contributed by atoms with Gasteiger partial charge in [-0.1, -0.05) is 43.4 Å². The summed E-state index contributed by atoms with van der Waals surface area (Å²) in [6.07, 6.45) is 0. The van der Waals surface area contributed by atoms with Gasteiger partial charge in [-0.05, 0) is 18.2 Å². The zero-order valence-electron chi connectivity index (χ0n) is 13.7. The highest BCUT2D eigenvalue weighted by atomic mass is 35.5. The summed E-state index contributed by atoms with van der Waals surface area (Å²) in [7, 11) is -0.227. The summed E-state index contributed by atoms with van der Waals surface area (Å²) in [6.45, 7) is 6.41. The number of para-hydroxylation sites is 1. The number of ether oxygens (including phenoxy) is 1. The van der Waals surface area contributed by atoms with Gasteiger partial charge >= 0.3 is 5.97 Å². The molecule has 0 saturated carbocycles. The van der Waals surface area contributed by atoms with Gasteiger partial charge < -0.3 is 15.0 Å². The Morgan fingerprint density at radius 3 is 2.61 bits per heavy atom. The number of esters is 1. The number of carbonyl (C=O) groups is 2. The van der Waals surface area contributed by atoms with Crippen LogP contribution in [0.3, 0.4) is 0 Å². The number of hydrogen-bond acceptors (Lipinski definition) is 3. The monoisotopic (exact) mass is 352 g/mol. The molecule has 1 amide bonds. The maximum atomic E-state index is 12.5. The Kier molecular flexibility index (Phi) is 5.16. The van der Waals surface area contributed by atoms with Gasteiger partial charge in [0.2, 0.25) is 0 Å². The summed E-state index contributed by atoms with van der Waals surface area (Å²) in [4.78, 5) is 27.4. The molecule has 0 radical (unpaired) electrons. The SMILES string of the molecule is COC(=O)[C@H](C[Si](C)(C)C)NC(=O)c1cc2cccc(Cl)c2[nH]1. The average Bonchev–Trinajstić information content (AvgIpc) is 2.90. The predicted octanol–water partition coefficient (Wildman–Crippen LogP) is 3.43. The minimum Gasteiger partial charge on any atom is -0.467 e. The summed E-state index contributed by atoms with van der Waals surface area (Å²) >= 11 is 6.11. The van der Waals surface area contributed by atoms with Crippen LogP contribution in [-0.2, 0) is 9.53 Å². The molecule has 23 heavy (non-hydrogen) atoms. The Balaban J connectivity index is 2.23. The van der Waals surface area contributed by atoms with Gasteiger partial charge in [0.15, 0.2) is 0 Å². The predicted molar refractivity (Wildman–Crippen MR) is 94.7 cm³/mol. The van der Waals surface area contributed by atoms with Crippen LogP contribution in [0.5, 0.6) is 0 Å². The fourth-order valence-corrected chi connectivity index (χ4v) is 4.15. The second-order valence-electron chi connectivity index (χ2n) is 6.70. The van der Waals surface area contributed by atoms with Crippen LogP contribution in [0.25, 0.3) is 10.9 Å². The molecule has 0 aliphatic carbocycles. The summed E-state index contributed by atoms with van der Waals surface area (Å²) in [6, 6.07) is 7.15. The van der Waals surface area contributed by atoms with Gasteiger partial charge in [0.1, 0.15) is 11.7 Å². The number of benzene rings is 1. The molecule has 0 spiro atoms. The zero-order chi connectivity index (χ0) is 17.2. The first-order chi connectivity index (χ1) is 10.7. The summed E-state index contributed by atoms with van der Waals surface area (Å²) in [5.74, 6) is -0.763. The third-order valence-corrected chi connectivity index (χ3v) is 5.41. The minimum atomic E-state index is -1.55. The number of carbonyl (C=O) groups excluding carboxylic acids is 2. The second-order valence-corrected chi connectivity index (χ2v) is 12.6. The van der Waals surface area contributed by atoms with Gasteiger partial charge in [0, 0.05) is 13.5 Å². The number of aromatic nitrogens is 1. The van der Waals surface area contributed by atoms with Crippen LogP contribution in [0.1, 0.15) is 10.5 Å². The van der Waals surface area contributed by atoms with E-state index >= 15 is 0 Å². The van der Waals surface area contributed by atoms with E-state index in [4.69, 9.17) is 16.3 Å². The van der Waals surface area contributed by atoms with Crippen molar-refractivity contribution < 1.29 is 14.3 Å². The van der Waals surface area contributed by atoms with Gasteiger partial charge in [-0.25, -0.2) is 4.79 Å². The first kappa shape index (κ1) is 17.6. The van der Waals surface area contributed by atoms with E-state index in [0.29, 0.717) is 22.3 Å². The third-order valence-electron chi connectivity index (χ3n) is 3.46. The molecular weight excluding hydrogens is 332 g/mol. The third kappa shape index (κ3) is 4.36. The Bertz CT molecular complexity index is 736. The van der Waals surface area contributed by atoms with Crippen LogP contribution < -0.4 is 5.32 Å². The van der Waals surface area contributed by atoms with E-state index in [-0.39, 0.29) is 5.91 Å². The lowest BCUT2D eigenvalue weighted by Crippen LogP contribution is -2.45. The first-order valence-electron chi connectivity index (χ1n) is 7.37. The van der Waals surface area contributed by atoms with Crippen molar-refractivity contribution in [3.8, 4) is 0 Å². The van der Waals surface area contributed by atoms with Crippen molar-refractivity contribution in [3.05, 3.63) is 35.0 Å². The number of halogens is 1. The van der Waals surface area contributed by atoms with E-state index in [1.807, 2.05) is 12.1 Å². The van der Waals surface area contributed by atoms with Gasteiger partial charge in [0.25, 0.3) is 5.91 Å². The molecule has 2 N–H and O–H groups in total. The first-order valence-corrected chi connectivity index (χ1v) is 11.5. The average molecular weight is 353 g/mol. The molecule has 2 aromatic rings.